The molecule has 0 fully saturated rings. The third-order valence-corrected chi connectivity index (χ3v) is 6.08. The molecule has 0 saturated carbocycles. The second-order valence-electron chi connectivity index (χ2n) is 7.16. The second-order valence-corrected chi connectivity index (χ2v) is 8.24. The van der Waals surface area contributed by atoms with Gasteiger partial charge in [-0.3, -0.25) is 14.5 Å². The third-order valence-electron chi connectivity index (χ3n) is 4.89. The highest BCUT2D eigenvalue weighted by Gasteiger charge is 2.17. The highest BCUT2D eigenvalue weighted by atomic mass is 32.1. The molecule has 0 aliphatic carbocycles. The zero-order valence-electron chi connectivity index (χ0n) is 17.1. The van der Waals surface area contributed by atoms with Gasteiger partial charge >= 0.3 is 0 Å². The quantitative estimate of drug-likeness (QED) is 0.526. The number of nitrogens with one attached hydrogen (secondary N) is 1. The lowest BCUT2D eigenvalue weighted by molar-refractivity contribution is 0.750. The van der Waals surface area contributed by atoms with Crippen molar-refractivity contribution >= 4 is 28.3 Å². The Bertz CT molecular complexity index is 1210. The van der Waals surface area contributed by atoms with Gasteiger partial charge in [-0.15, -0.1) is 11.3 Å². The topological polar surface area (TPSA) is 79.7 Å². The molecule has 0 aliphatic rings. The molecule has 0 saturated heterocycles. The van der Waals surface area contributed by atoms with Crippen molar-refractivity contribution in [3.05, 3.63) is 57.0 Å². The van der Waals surface area contributed by atoms with Gasteiger partial charge in [-0.2, -0.15) is 5.10 Å². The van der Waals surface area contributed by atoms with Crippen LogP contribution in [-0.2, 0) is 20.0 Å². The van der Waals surface area contributed by atoms with Gasteiger partial charge in [0.1, 0.15) is 10.5 Å². The van der Waals surface area contributed by atoms with Crippen LogP contribution in [0.3, 0.4) is 0 Å². The van der Waals surface area contributed by atoms with Crippen LogP contribution in [0.5, 0.6) is 0 Å². The summed E-state index contributed by atoms with van der Waals surface area (Å²) in [6, 6.07) is 10.2. The number of rotatable bonds is 6. The molecule has 0 amide bonds. The summed E-state index contributed by atoms with van der Waals surface area (Å²) in [6.45, 7) is 4.73. The van der Waals surface area contributed by atoms with E-state index in [0.29, 0.717) is 23.5 Å². The summed E-state index contributed by atoms with van der Waals surface area (Å²) in [5.74, 6) is 0.543. The molecule has 1 aromatic carbocycles. The first-order chi connectivity index (χ1) is 14.0. The van der Waals surface area contributed by atoms with Gasteiger partial charge in [0.25, 0.3) is 5.56 Å². The molecule has 150 valence electrons. The lowest BCUT2D eigenvalue weighted by Crippen LogP contribution is -2.23. The molecule has 8 heteroatoms. The maximum atomic E-state index is 12.7. The van der Waals surface area contributed by atoms with E-state index in [4.69, 9.17) is 9.97 Å². The lowest BCUT2D eigenvalue weighted by Gasteiger charge is -2.17. The van der Waals surface area contributed by atoms with Crippen LogP contribution in [0.2, 0.25) is 0 Å². The summed E-state index contributed by atoms with van der Waals surface area (Å²) in [4.78, 5) is 28.1. The largest absolute Gasteiger partial charge is 0.340 e. The molecular formula is C21H24N6OS. The number of anilines is 1. The number of H-pyrrole nitrogens is 1. The van der Waals surface area contributed by atoms with Crippen molar-refractivity contribution in [2.24, 2.45) is 7.05 Å². The molecule has 0 atom stereocenters. The number of aromatic amines is 1. The summed E-state index contributed by atoms with van der Waals surface area (Å²) in [7, 11) is 3.72. The monoisotopic (exact) mass is 408 g/mol. The van der Waals surface area contributed by atoms with Crippen molar-refractivity contribution in [1.82, 2.24) is 24.7 Å². The lowest BCUT2D eigenvalue weighted by atomic mass is 10.2. The number of benzene rings is 1. The number of aryl methyl sites for hydroxylation is 3. The van der Waals surface area contributed by atoms with Crippen LogP contribution in [-0.4, -0.2) is 31.8 Å². The van der Waals surface area contributed by atoms with E-state index in [0.717, 1.165) is 39.7 Å². The molecule has 3 aromatic heterocycles. The van der Waals surface area contributed by atoms with Crippen LogP contribution >= 0.6 is 11.3 Å². The Morgan fingerprint density at radius 2 is 1.97 bits per heavy atom. The fourth-order valence-corrected chi connectivity index (χ4v) is 4.51. The Kier molecular flexibility index (Phi) is 5.19. The fourth-order valence-electron chi connectivity index (χ4n) is 3.39. The minimum absolute atomic E-state index is 0.166. The van der Waals surface area contributed by atoms with E-state index in [2.05, 4.69) is 29.1 Å². The molecule has 0 unspecified atom stereocenters. The van der Waals surface area contributed by atoms with Crippen molar-refractivity contribution in [3.63, 3.8) is 0 Å². The first-order valence-corrected chi connectivity index (χ1v) is 10.5. The predicted molar refractivity (Wildman–Crippen MR) is 118 cm³/mol. The maximum absolute atomic E-state index is 12.7. The van der Waals surface area contributed by atoms with E-state index in [1.807, 2.05) is 37.1 Å². The molecule has 3 heterocycles. The van der Waals surface area contributed by atoms with Crippen molar-refractivity contribution in [2.45, 2.75) is 33.2 Å². The summed E-state index contributed by atoms with van der Waals surface area (Å²) in [5.41, 5.74) is 4.02. The molecule has 0 aliphatic heterocycles. The molecular weight excluding hydrogens is 384 g/mol. The minimum Gasteiger partial charge on any atom is -0.340 e. The zero-order valence-corrected chi connectivity index (χ0v) is 17.9. The smallest absolute Gasteiger partial charge is 0.278 e. The van der Waals surface area contributed by atoms with Gasteiger partial charge in [-0.25, -0.2) is 9.97 Å². The van der Waals surface area contributed by atoms with Crippen molar-refractivity contribution in [1.29, 1.82) is 0 Å². The summed E-state index contributed by atoms with van der Waals surface area (Å²) < 4.78 is 1.62. The van der Waals surface area contributed by atoms with Crippen LogP contribution in [0.25, 0.3) is 21.6 Å². The maximum Gasteiger partial charge on any atom is 0.278 e. The van der Waals surface area contributed by atoms with E-state index in [-0.39, 0.29) is 5.56 Å². The van der Waals surface area contributed by atoms with Crippen LogP contribution in [0, 0.1) is 6.92 Å². The Morgan fingerprint density at radius 1 is 1.21 bits per heavy atom. The predicted octanol–water partition coefficient (Wildman–Crippen LogP) is 3.68. The first-order valence-electron chi connectivity index (χ1n) is 9.66. The fraction of sp³-hybridized carbons (Fsp3) is 0.333. The van der Waals surface area contributed by atoms with Gasteiger partial charge in [0.2, 0.25) is 5.95 Å². The van der Waals surface area contributed by atoms with Crippen LogP contribution in [0.1, 0.15) is 29.6 Å². The number of fused-ring (bicyclic) bond motifs is 1. The van der Waals surface area contributed by atoms with E-state index in [9.17, 15) is 4.79 Å². The highest BCUT2D eigenvalue weighted by Crippen LogP contribution is 2.29. The van der Waals surface area contributed by atoms with Crippen molar-refractivity contribution < 1.29 is 0 Å². The zero-order chi connectivity index (χ0) is 20.5. The molecule has 4 rings (SSSR count). The van der Waals surface area contributed by atoms with Crippen LogP contribution < -0.4 is 10.5 Å². The average molecular weight is 409 g/mol. The molecule has 7 nitrogen and oxygen atoms in total. The van der Waals surface area contributed by atoms with Crippen LogP contribution in [0.15, 0.2) is 35.1 Å². The third kappa shape index (κ3) is 3.67. The van der Waals surface area contributed by atoms with Gasteiger partial charge in [-0.05, 0) is 13.3 Å². The minimum atomic E-state index is -0.166. The standard InChI is InChI=1S/C21H24N6OS/c1-5-9-15-17-18(27(4)25-15)19(28)24-21(23-17)26(3)12-16-13(2)22-20(29-16)14-10-7-6-8-11-14/h6-8,10-11H,5,9,12H2,1-4H3,(H,23,24,28). The Morgan fingerprint density at radius 3 is 2.69 bits per heavy atom. The Balaban J connectivity index is 1.66. The highest BCUT2D eigenvalue weighted by molar-refractivity contribution is 7.15. The van der Waals surface area contributed by atoms with E-state index >= 15 is 0 Å². The number of hydrogen-bond donors (Lipinski definition) is 1. The van der Waals surface area contributed by atoms with E-state index in [1.165, 1.54) is 0 Å². The van der Waals surface area contributed by atoms with Crippen LogP contribution in [0.4, 0.5) is 5.95 Å². The van der Waals surface area contributed by atoms with Gasteiger partial charge in [0.15, 0.2) is 5.52 Å². The Hall–Kier alpha value is -3.00. The molecule has 4 aromatic rings. The number of thiazole rings is 1. The van der Waals surface area contributed by atoms with Gasteiger partial charge in [0, 0.05) is 24.5 Å². The normalized spacial score (nSPS) is 11.3. The average Bonchev–Trinajstić information content (AvgIpc) is 3.23. The van der Waals surface area contributed by atoms with Crippen molar-refractivity contribution in [3.8, 4) is 10.6 Å². The molecule has 0 spiro atoms. The number of nitrogens with zero attached hydrogens (tertiary/aromatic N) is 5. The Labute approximate surface area is 173 Å². The molecule has 1 N–H and O–H groups in total. The summed E-state index contributed by atoms with van der Waals surface area (Å²) in [5, 5.41) is 5.48. The number of aromatic nitrogens is 5. The molecule has 0 radical (unpaired) electrons. The van der Waals surface area contributed by atoms with Crippen molar-refractivity contribution in [2.75, 3.05) is 11.9 Å². The van der Waals surface area contributed by atoms with Gasteiger partial charge < -0.3 is 4.90 Å². The van der Waals surface area contributed by atoms with Gasteiger partial charge in [0.05, 0.1) is 17.9 Å². The SMILES string of the molecule is CCCc1nn(C)c2c(=O)[nH]c(N(C)Cc3sc(-c4ccccc4)nc3C)nc12. The summed E-state index contributed by atoms with van der Waals surface area (Å²) in [6.07, 6.45) is 1.75. The number of hydrogen-bond acceptors (Lipinski definition) is 6. The first kappa shape index (κ1) is 19.3. The molecule has 29 heavy (non-hydrogen) atoms. The van der Waals surface area contributed by atoms with Gasteiger partial charge in [-0.1, -0.05) is 43.7 Å². The second kappa shape index (κ2) is 7.79. The summed E-state index contributed by atoms with van der Waals surface area (Å²) >= 11 is 1.67. The van der Waals surface area contributed by atoms with E-state index in [1.54, 1.807) is 23.1 Å². The molecule has 0 bridgehead atoms. The van der Waals surface area contributed by atoms with E-state index < -0.39 is 0 Å².